The molecular formula is C29H23N3O7. The molecule has 10 heteroatoms. The van der Waals surface area contributed by atoms with Crippen molar-refractivity contribution >= 4 is 17.7 Å². The number of benzene rings is 3. The van der Waals surface area contributed by atoms with Gasteiger partial charge in [-0.05, 0) is 42.7 Å². The topological polar surface area (TPSA) is 137 Å². The molecule has 196 valence electrons. The highest BCUT2D eigenvalue weighted by Gasteiger charge is 2.20. The first-order valence-corrected chi connectivity index (χ1v) is 11.9. The Morgan fingerprint density at radius 1 is 0.923 bits per heavy atom. The second kappa shape index (κ2) is 10.9. The highest BCUT2D eigenvalue weighted by molar-refractivity contribution is 5.91. The third-order valence-corrected chi connectivity index (χ3v) is 5.92. The first-order valence-electron chi connectivity index (χ1n) is 11.9. The van der Waals surface area contributed by atoms with Gasteiger partial charge in [0.15, 0.2) is 12.2 Å². The van der Waals surface area contributed by atoms with Gasteiger partial charge in [0.25, 0.3) is 11.6 Å². The number of oxazole rings is 1. The van der Waals surface area contributed by atoms with Gasteiger partial charge in [0.2, 0.25) is 0 Å². The third kappa shape index (κ3) is 5.64. The zero-order valence-corrected chi connectivity index (χ0v) is 21.0. The van der Waals surface area contributed by atoms with Crippen LogP contribution in [0.2, 0.25) is 0 Å². The zero-order valence-electron chi connectivity index (χ0n) is 21.0. The van der Waals surface area contributed by atoms with Gasteiger partial charge in [-0.25, -0.2) is 9.59 Å². The van der Waals surface area contributed by atoms with Crippen molar-refractivity contribution in [2.75, 3.05) is 5.32 Å². The molecule has 0 saturated heterocycles. The van der Waals surface area contributed by atoms with Crippen LogP contribution in [0.5, 0.6) is 11.6 Å². The molecule has 0 aliphatic carbocycles. The lowest BCUT2D eigenvalue weighted by Gasteiger charge is -2.14. The molecule has 0 saturated carbocycles. The SMILES string of the molecule is Cc1noc(-c2ccc(-c3ccc(Oc4ncoc4C(=O)O)cc3)cc2)c1NC(=O)O[C@H](C)c1ccccc1. The Kier molecular flexibility index (Phi) is 7.09. The maximum Gasteiger partial charge on any atom is 0.412 e. The Labute approximate surface area is 222 Å². The van der Waals surface area contributed by atoms with Gasteiger partial charge in [-0.15, -0.1) is 0 Å². The van der Waals surface area contributed by atoms with Gasteiger partial charge in [-0.1, -0.05) is 71.9 Å². The largest absolute Gasteiger partial charge is 0.475 e. The fourth-order valence-electron chi connectivity index (χ4n) is 3.89. The highest BCUT2D eigenvalue weighted by atomic mass is 16.6. The van der Waals surface area contributed by atoms with E-state index in [2.05, 4.69) is 15.5 Å². The summed E-state index contributed by atoms with van der Waals surface area (Å²) in [5.74, 6) is -0.935. The molecule has 0 aliphatic heterocycles. The maximum absolute atomic E-state index is 12.6. The average molecular weight is 526 g/mol. The zero-order chi connectivity index (χ0) is 27.4. The van der Waals surface area contributed by atoms with Crippen LogP contribution in [-0.2, 0) is 4.74 Å². The van der Waals surface area contributed by atoms with Crippen LogP contribution in [0.25, 0.3) is 22.5 Å². The molecule has 0 spiro atoms. The number of nitrogens with zero attached hydrogens (tertiary/aromatic N) is 2. The minimum atomic E-state index is -1.27. The number of hydrogen-bond acceptors (Lipinski definition) is 8. The fourth-order valence-corrected chi connectivity index (χ4v) is 3.89. The van der Waals surface area contributed by atoms with Crippen LogP contribution < -0.4 is 10.1 Å². The van der Waals surface area contributed by atoms with E-state index in [0.29, 0.717) is 22.9 Å². The normalized spacial score (nSPS) is 11.5. The second-order valence-corrected chi connectivity index (χ2v) is 8.55. The molecule has 0 radical (unpaired) electrons. The lowest BCUT2D eigenvalue weighted by molar-refractivity contribution is 0.0658. The van der Waals surface area contributed by atoms with Crippen molar-refractivity contribution in [1.82, 2.24) is 10.1 Å². The van der Waals surface area contributed by atoms with E-state index in [9.17, 15) is 9.59 Å². The van der Waals surface area contributed by atoms with Gasteiger partial charge in [0.05, 0.1) is 0 Å². The van der Waals surface area contributed by atoms with Crippen molar-refractivity contribution in [3.05, 3.63) is 102 Å². The molecule has 2 aromatic heterocycles. The van der Waals surface area contributed by atoms with E-state index in [1.165, 1.54) is 0 Å². The molecule has 1 amide bonds. The van der Waals surface area contributed by atoms with Gasteiger partial charge in [-0.2, -0.15) is 4.98 Å². The summed E-state index contributed by atoms with van der Waals surface area (Å²) >= 11 is 0. The molecule has 1 atom stereocenters. The molecule has 5 aromatic rings. The molecule has 0 unspecified atom stereocenters. The third-order valence-electron chi connectivity index (χ3n) is 5.92. The van der Waals surface area contributed by atoms with Crippen LogP contribution >= 0.6 is 0 Å². The molecule has 3 aromatic carbocycles. The standard InChI is InChI=1S/C29H23N3O7/c1-17-24(31-29(35)37-18(2)19-6-4-3-5-7-19)25(39-32-17)22-10-8-20(9-11-22)21-12-14-23(15-13-21)38-27-26(28(33)34)36-16-30-27/h3-16,18H,1-2H3,(H,31,35)(H,33,34)/t18-/m1/s1. The van der Waals surface area contributed by atoms with Crippen LogP contribution in [-0.4, -0.2) is 27.3 Å². The molecule has 5 rings (SSSR count). The Morgan fingerprint density at radius 3 is 2.23 bits per heavy atom. The molecule has 0 fully saturated rings. The van der Waals surface area contributed by atoms with Crippen molar-refractivity contribution in [3.63, 3.8) is 0 Å². The second-order valence-electron chi connectivity index (χ2n) is 8.55. The van der Waals surface area contributed by atoms with Gasteiger partial charge in [0, 0.05) is 5.56 Å². The lowest BCUT2D eigenvalue weighted by atomic mass is 10.0. The molecule has 0 bridgehead atoms. The first kappa shape index (κ1) is 25.3. The van der Waals surface area contributed by atoms with E-state index in [0.717, 1.165) is 28.6 Å². The van der Waals surface area contributed by atoms with Gasteiger partial charge in [-0.3, -0.25) is 5.32 Å². The number of aryl methyl sites for hydroxylation is 1. The average Bonchev–Trinajstić information content (AvgIpc) is 3.56. The minimum Gasteiger partial charge on any atom is -0.475 e. The van der Waals surface area contributed by atoms with E-state index >= 15 is 0 Å². The van der Waals surface area contributed by atoms with E-state index < -0.39 is 18.2 Å². The van der Waals surface area contributed by atoms with Crippen molar-refractivity contribution in [3.8, 4) is 34.1 Å². The van der Waals surface area contributed by atoms with Crippen molar-refractivity contribution in [2.45, 2.75) is 20.0 Å². The number of nitrogens with one attached hydrogen (secondary N) is 1. The number of aromatic carboxylic acids is 1. The number of amides is 1. The van der Waals surface area contributed by atoms with Crippen molar-refractivity contribution in [2.24, 2.45) is 0 Å². The van der Waals surface area contributed by atoms with Crippen molar-refractivity contribution in [1.29, 1.82) is 0 Å². The number of carbonyl (C=O) groups excluding carboxylic acids is 1. The van der Waals surface area contributed by atoms with Crippen LogP contribution in [0, 0.1) is 6.92 Å². The van der Waals surface area contributed by atoms with E-state index in [1.54, 1.807) is 26.0 Å². The summed E-state index contributed by atoms with van der Waals surface area (Å²) in [7, 11) is 0. The Hall–Kier alpha value is -5.38. The smallest absolute Gasteiger partial charge is 0.412 e. The van der Waals surface area contributed by atoms with Gasteiger partial charge >= 0.3 is 12.1 Å². The number of anilines is 1. The number of rotatable bonds is 8. The predicted octanol–water partition coefficient (Wildman–Crippen LogP) is 7.11. The van der Waals surface area contributed by atoms with Crippen LogP contribution in [0.1, 0.15) is 34.8 Å². The maximum atomic E-state index is 12.6. The molecule has 0 aliphatic rings. The van der Waals surface area contributed by atoms with Gasteiger partial charge < -0.3 is 23.5 Å². The van der Waals surface area contributed by atoms with E-state index in [-0.39, 0.29) is 11.6 Å². The Morgan fingerprint density at radius 2 is 1.56 bits per heavy atom. The number of aromatic nitrogens is 2. The number of hydrogen-bond donors (Lipinski definition) is 2. The molecule has 39 heavy (non-hydrogen) atoms. The number of carboxylic acids is 1. The van der Waals surface area contributed by atoms with Crippen molar-refractivity contribution < 1.29 is 33.1 Å². The van der Waals surface area contributed by atoms with Crippen LogP contribution in [0.4, 0.5) is 10.5 Å². The lowest BCUT2D eigenvalue weighted by Crippen LogP contribution is -2.16. The number of ether oxygens (including phenoxy) is 2. The molecule has 2 heterocycles. The summed E-state index contributed by atoms with van der Waals surface area (Å²) in [6, 6.07) is 24.1. The molecular weight excluding hydrogens is 502 g/mol. The summed E-state index contributed by atoms with van der Waals surface area (Å²) < 4.78 is 21.4. The summed E-state index contributed by atoms with van der Waals surface area (Å²) in [5, 5.41) is 15.9. The van der Waals surface area contributed by atoms with Crippen LogP contribution in [0.15, 0.2) is 94.2 Å². The highest BCUT2D eigenvalue weighted by Crippen LogP contribution is 2.33. The fraction of sp³-hybridized carbons (Fsp3) is 0.103. The quantitative estimate of drug-likeness (QED) is 0.217. The number of carbonyl (C=O) groups is 2. The predicted molar refractivity (Wildman–Crippen MR) is 141 cm³/mol. The Bertz CT molecular complexity index is 1590. The Balaban J connectivity index is 1.27. The summed E-state index contributed by atoms with van der Waals surface area (Å²) in [4.78, 5) is 27.5. The minimum absolute atomic E-state index is 0.121. The molecule has 2 N–H and O–H groups in total. The molecule has 10 nitrogen and oxygen atoms in total. The van der Waals surface area contributed by atoms with E-state index in [1.807, 2.05) is 66.7 Å². The monoisotopic (exact) mass is 525 g/mol. The summed E-state index contributed by atoms with van der Waals surface area (Å²) in [6.45, 7) is 3.54. The first-order chi connectivity index (χ1) is 18.9. The summed E-state index contributed by atoms with van der Waals surface area (Å²) in [6.07, 6.45) is -0.0279. The van der Waals surface area contributed by atoms with E-state index in [4.69, 9.17) is 23.5 Å². The van der Waals surface area contributed by atoms with Crippen LogP contribution in [0.3, 0.4) is 0 Å². The summed E-state index contributed by atoms with van der Waals surface area (Å²) in [5.41, 5.74) is 4.37. The number of carboxylic acid groups (broad SMARTS) is 1. The van der Waals surface area contributed by atoms with Gasteiger partial charge in [0.1, 0.15) is 23.2 Å².